The molecule has 1 amide bonds. The van der Waals surface area contributed by atoms with E-state index < -0.39 is 0 Å². The van der Waals surface area contributed by atoms with Gasteiger partial charge in [-0.3, -0.25) is 4.79 Å². The summed E-state index contributed by atoms with van der Waals surface area (Å²) >= 11 is 0. The number of nitrogens with one attached hydrogen (secondary N) is 1. The SMILES string of the molecule is CCC(C)N(C)CCNC(=O)C(CN)CC(C)C. The van der Waals surface area contributed by atoms with Crippen LogP contribution in [0.1, 0.15) is 40.5 Å². The van der Waals surface area contributed by atoms with Gasteiger partial charge in [-0.1, -0.05) is 20.8 Å². The maximum absolute atomic E-state index is 11.9. The number of hydrogen-bond donors (Lipinski definition) is 2. The molecule has 18 heavy (non-hydrogen) atoms. The van der Waals surface area contributed by atoms with E-state index >= 15 is 0 Å². The van der Waals surface area contributed by atoms with Gasteiger partial charge in [0.05, 0.1) is 5.92 Å². The minimum Gasteiger partial charge on any atom is -0.355 e. The van der Waals surface area contributed by atoms with Crippen molar-refractivity contribution in [2.24, 2.45) is 17.6 Å². The minimum absolute atomic E-state index is 0.0427. The molecule has 2 atom stereocenters. The second-order valence-electron chi connectivity index (χ2n) is 5.59. The molecule has 0 saturated heterocycles. The number of carbonyl (C=O) groups excluding carboxylic acids is 1. The molecule has 2 unspecified atom stereocenters. The molecular formula is C14H31N3O. The highest BCUT2D eigenvalue weighted by atomic mass is 16.1. The van der Waals surface area contributed by atoms with Gasteiger partial charge in [-0.05, 0) is 32.7 Å². The molecule has 0 fully saturated rings. The fourth-order valence-corrected chi connectivity index (χ4v) is 1.91. The standard InChI is InChI=1S/C14H31N3O/c1-6-12(4)17(5)8-7-16-14(18)13(10-15)9-11(2)3/h11-13H,6-10,15H2,1-5H3,(H,16,18). The number of nitrogens with zero attached hydrogens (tertiary/aromatic N) is 1. The first-order valence-corrected chi connectivity index (χ1v) is 7.10. The lowest BCUT2D eigenvalue weighted by molar-refractivity contribution is -0.125. The average molecular weight is 257 g/mol. The molecule has 0 aromatic carbocycles. The maximum Gasteiger partial charge on any atom is 0.224 e. The number of likely N-dealkylation sites (N-methyl/N-ethyl adjacent to an activating group) is 1. The van der Waals surface area contributed by atoms with Crippen LogP contribution in [0.3, 0.4) is 0 Å². The van der Waals surface area contributed by atoms with Crippen LogP contribution in [0.5, 0.6) is 0 Å². The van der Waals surface area contributed by atoms with Crippen LogP contribution in [-0.4, -0.2) is 43.5 Å². The van der Waals surface area contributed by atoms with Crippen LogP contribution < -0.4 is 11.1 Å². The van der Waals surface area contributed by atoms with Crippen molar-refractivity contribution >= 4 is 5.91 Å². The molecule has 0 radical (unpaired) electrons. The summed E-state index contributed by atoms with van der Waals surface area (Å²) in [5, 5.41) is 2.99. The number of amides is 1. The third-order valence-corrected chi connectivity index (χ3v) is 3.52. The summed E-state index contributed by atoms with van der Waals surface area (Å²) < 4.78 is 0. The summed E-state index contributed by atoms with van der Waals surface area (Å²) in [5.41, 5.74) is 5.65. The summed E-state index contributed by atoms with van der Waals surface area (Å²) in [6, 6.07) is 0.558. The number of rotatable bonds is 9. The molecule has 0 spiro atoms. The van der Waals surface area contributed by atoms with Gasteiger partial charge in [0, 0.05) is 25.7 Å². The molecule has 0 aromatic rings. The first-order valence-electron chi connectivity index (χ1n) is 7.10. The lowest BCUT2D eigenvalue weighted by Crippen LogP contribution is -2.41. The van der Waals surface area contributed by atoms with Gasteiger partial charge in [-0.25, -0.2) is 0 Å². The zero-order valence-corrected chi connectivity index (χ0v) is 12.7. The zero-order valence-electron chi connectivity index (χ0n) is 12.7. The predicted molar refractivity (Wildman–Crippen MR) is 77.4 cm³/mol. The van der Waals surface area contributed by atoms with E-state index in [2.05, 4.69) is 45.0 Å². The highest BCUT2D eigenvalue weighted by molar-refractivity contribution is 5.78. The summed E-state index contributed by atoms with van der Waals surface area (Å²) in [6.45, 7) is 10.6. The Hall–Kier alpha value is -0.610. The highest BCUT2D eigenvalue weighted by Gasteiger charge is 2.17. The number of hydrogen-bond acceptors (Lipinski definition) is 3. The molecule has 0 aliphatic heterocycles. The Morgan fingerprint density at radius 3 is 2.39 bits per heavy atom. The van der Waals surface area contributed by atoms with E-state index in [1.807, 2.05) is 0 Å². The molecule has 0 aliphatic carbocycles. The van der Waals surface area contributed by atoms with Gasteiger partial charge in [-0.2, -0.15) is 0 Å². The van der Waals surface area contributed by atoms with Crippen LogP contribution in [0.25, 0.3) is 0 Å². The van der Waals surface area contributed by atoms with Gasteiger partial charge >= 0.3 is 0 Å². The van der Waals surface area contributed by atoms with Crippen LogP contribution in [-0.2, 0) is 4.79 Å². The van der Waals surface area contributed by atoms with Gasteiger partial charge in [0.15, 0.2) is 0 Å². The van der Waals surface area contributed by atoms with Crippen LogP contribution in [0, 0.1) is 11.8 Å². The molecule has 0 rings (SSSR count). The molecule has 0 aliphatic rings. The monoisotopic (exact) mass is 257 g/mol. The number of nitrogens with two attached hydrogens (primary N) is 1. The largest absolute Gasteiger partial charge is 0.355 e. The van der Waals surface area contributed by atoms with Crippen LogP contribution in [0.2, 0.25) is 0 Å². The first kappa shape index (κ1) is 17.4. The van der Waals surface area contributed by atoms with Gasteiger partial charge in [0.1, 0.15) is 0 Å². The lowest BCUT2D eigenvalue weighted by atomic mass is 9.96. The molecule has 4 heteroatoms. The smallest absolute Gasteiger partial charge is 0.224 e. The predicted octanol–water partition coefficient (Wildman–Crippen LogP) is 1.45. The minimum atomic E-state index is -0.0427. The van der Waals surface area contributed by atoms with Gasteiger partial charge in [0.2, 0.25) is 5.91 Å². The molecule has 0 heterocycles. The number of carbonyl (C=O) groups is 1. The first-order chi connectivity index (χ1) is 8.42. The van der Waals surface area contributed by atoms with Crippen molar-refractivity contribution in [3.63, 3.8) is 0 Å². The molecule has 108 valence electrons. The van der Waals surface area contributed by atoms with Crippen LogP contribution in [0.4, 0.5) is 0 Å². The fraction of sp³-hybridized carbons (Fsp3) is 0.929. The van der Waals surface area contributed by atoms with Crippen molar-refractivity contribution in [1.29, 1.82) is 0 Å². The van der Waals surface area contributed by atoms with Crippen LogP contribution >= 0.6 is 0 Å². The highest BCUT2D eigenvalue weighted by Crippen LogP contribution is 2.10. The van der Waals surface area contributed by atoms with Gasteiger partial charge in [-0.15, -0.1) is 0 Å². The van der Waals surface area contributed by atoms with E-state index in [0.29, 0.717) is 25.0 Å². The second-order valence-corrected chi connectivity index (χ2v) is 5.59. The van der Waals surface area contributed by atoms with Gasteiger partial charge < -0.3 is 16.0 Å². The molecule has 0 saturated carbocycles. The Balaban J connectivity index is 3.94. The third-order valence-electron chi connectivity index (χ3n) is 3.52. The van der Waals surface area contributed by atoms with E-state index in [9.17, 15) is 4.79 Å². The second kappa shape index (κ2) is 9.34. The van der Waals surface area contributed by atoms with Crippen molar-refractivity contribution in [3.8, 4) is 0 Å². The van der Waals surface area contributed by atoms with Crippen molar-refractivity contribution in [1.82, 2.24) is 10.2 Å². The van der Waals surface area contributed by atoms with Crippen molar-refractivity contribution in [2.45, 2.75) is 46.6 Å². The molecule has 0 bridgehead atoms. The Labute approximate surface area is 112 Å². The van der Waals surface area contributed by atoms with E-state index in [1.54, 1.807) is 0 Å². The molecule has 3 N–H and O–H groups in total. The molecule has 0 aromatic heterocycles. The molecule has 4 nitrogen and oxygen atoms in total. The Morgan fingerprint density at radius 2 is 1.94 bits per heavy atom. The summed E-state index contributed by atoms with van der Waals surface area (Å²) in [4.78, 5) is 14.2. The van der Waals surface area contributed by atoms with Crippen molar-refractivity contribution in [3.05, 3.63) is 0 Å². The average Bonchev–Trinajstić information content (AvgIpc) is 2.34. The summed E-state index contributed by atoms with van der Waals surface area (Å²) in [5.74, 6) is 0.565. The summed E-state index contributed by atoms with van der Waals surface area (Å²) in [6.07, 6.45) is 1.99. The maximum atomic E-state index is 11.9. The topological polar surface area (TPSA) is 58.4 Å². The van der Waals surface area contributed by atoms with E-state index in [1.165, 1.54) is 0 Å². The van der Waals surface area contributed by atoms with E-state index in [4.69, 9.17) is 5.73 Å². The quantitative estimate of drug-likeness (QED) is 0.657. The van der Waals surface area contributed by atoms with Crippen molar-refractivity contribution < 1.29 is 4.79 Å². The van der Waals surface area contributed by atoms with Gasteiger partial charge in [0.25, 0.3) is 0 Å². The lowest BCUT2D eigenvalue weighted by Gasteiger charge is -2.24. The zero-order chi connectivity index (χ0) is 14.1. The molecular weight excluding hydrogens is 226 g/mol. The van der Waals surface area contributed by atoms with E-state index in [-0.39, 0.29) is 11.8 Å². The normalized spacial score (nSPS) is 14.9. The van der Waals surface area contributed by atoms with Crippen molar-refractivity contribution in [2.75, 3.05) is 26.7 Å². The Morgan fingerprint density at radius 1 is 1.33 bits per heavy atom. The summed E-state index contributed by atoms with van der Waals surface area (Å²) in [7, 11) is 2.09. The Kier molecular flexibility index (Phi) is 9.02. The van der Waals surface area contributed by atoms with E-state index in [0.717, 1.165) is 19.4 Å². The third kappa shape index (κ3) is 6.97. The van der Waals surface area contributed by atoms with Crippen LogP contribution in [0.15, 0.2) is 0 Å². The fourth-order valence-electron chi connectivity index (χ4n) is 1.91. The Bertz CT molecular complexity index is 231.